The summed E-state index contributed by atoms with van der Waals surface area (Å²) in [7, 11) is 2.99. The molecule has 0 spiro atoms. The summed E-state index contributed by atoms with van der Waals surface area (Å²) in [6.45, 7) is 2.07. The summed E-state index contributed by atoms with van der Waals surface area (Å²) < 4.78 is 3.93. The molecular formula is C25H23N5O3. The van der Waals surface area contributed by atoms with Crippen molar-refractivity contribution in [2.24, 2.45) is 14.1 Å². The Morgan fingerprint density at radius 3 is 2.52 bits per heavy atom. The van der Waals surface area contributed by atoms with Gasteiger partial charge >= 0.3 is 5.69 Å². The van der Waals surface area contributed by atoms with Gasteiger partial charge in [-0.1, -0.05) is 55.5 Å². The van der Waals surface area contributed by atoms with Crippen LogP contribution in [-0.4, -0.2) is 29.5 Å². The maximum absolute atomic E-state index is 14.1. The van der Waals surface area contributed by atoms with Crippen LogP contribution in [0.3, 0.4) is 0 Å². The van der Waals surface area contributed by atoms with Gasteiger partial charge in [-0.15, -0.1) is 0 Å². The number of Topliss-reactive ketones (excluding diaryl/α,β-unsaturated/α-hetero) is 1. The molecule has 0 saturated carbocycles. The van der Waals surface area contributed by atoms with Crippen molar-refractivity contribution in [3.05, 3.63) is 98.6 Å². The highest BCUT2D eigenvalue weighted by Crippen LogP contribution is 2.30. The zero-order valence-corrected chi connectivity index (χ0v) is 18.6. The molecule has 8 heteroatoms. The van der Waals surface area contributed by atoms with E-state index >= 15 is 0 Å². The number of imidazole rings is 1. The molecule has 0 aliphatic carbocycles. The number of nitrogens with one attached hydrogen (secondary N) is 1. The lowest BCUT2D eigenvalue weighted by Crippen LogP contribution is -2.38. The van der Waals surface area contributed by atoms with E-state index in [-0.39, 0.29) is 16.9 Å². The van der Waals surface area contributed by atoms with Crippen molar-refractivity contribution in [1.82, 2.24) is 23.7 Å². The zero-order chi connectivity index (χ0) is 23.3. The van der Waals surface area contributed by atoms with Gasteiger partial charge in [0.2, 0.25) is 0 Å². The number of aromatic nitrogens is 5. The Hall–Kier alpha value is -4.20. The van der Waals surface area contributed by atoms with Gasteiger partial charge in [-0.25, -0.2) is 9.78 Å². The fraction of sp³-hybridized carbons (Fsp3) is 0.200. The highest BCUT2D eigenvalue weighted by molar-refractivity contribution is 6.11. The fourth-order valence-corrected chi connectivity index (χ4v) is 4.50. The number of H-pyrrole nitrogens is 1. The molecule has 0 unspecified atom stereocenters. The zero-order valence-electron chi connectivity index (χ0n) is 18.6. The molecule has 0 fully saturated rings. The van der Waals surface area contributed by atoms with Gasteiger partial charge < -0.3 is 9.55 Å². The van der Waals surface area contributed by atoms with Crippen LogP contribution >= 0.6 is 0 Å². The van der Waals surface area contributed by atoms with Crippen LogP contribution in [-0.2, 0) is 20.5 Å². The normalized spacial score (nSPS) is 12.5. The number of carbonyl (C=O) groups excluding carboxylic acids is 1. The van der Waals surface area contributed by atoms with Crippen LogP contribution in [0.1, 0.15) is 34.5 Å². The largest absolute Gasteiger partial charge is 0.360 e. The molecule has 0 radical (unpaired) electrons. The average Bonchev–Trinajstić information content (AvgIpc) is 3.47. The summed E-state index contributed by atoms with van der Waals surface area (Å²) in [6, 6.07) is 14.4. The Kier molecular flexibility index (Phi) is 4.85. The van der Waals surface area contributed by atoms with Crippen molar-refractivity contribution in [3.8, 4) is 0 Å². The summed E-state index contributed by atoms with van der Waals surface area (Å²) in [4.78, 5) is 47.1. The van der Waals surface area contributed by atoms with Crippen molar-refractivity contribution in [2.75, 3.05) is 0 Å². The molecule has 3 aromatic heterocycles. The van der Waals surface area contributed by atoms with Gasteiger partial charge in [0, 0.05) is 36.8 Å². The molecule has 5 aromatic rings. The third-order valence-corrected chi connectivity index (χ3v) is 6.26. The van der Waals surface area contributed by atoms with E-state index in [9.17, 15) is 14.4 Å². The van der Waals surface area contributed by atoms with Crippen molar-refractivity contribution in [2.45, 2.75) is 19.4 Å². The van der Waals surface area contributed by atoms with E-state index in [0.29, 0.717) is 5.56 Å². The summed E-state index contributed by atoms with van der Waals surface area (Å²) in [6.07, 6.45) is 4.03. The minimum absolute atomic E-state index is 0.170. The molecule has 0 aliphatic heterocycles. The molecule has 1 atom stereocenters. The van der Waals surface area contributed by atoms with Crippen molar-refractivity contribution in [3.63, 3.8) is 0 Å². The summed E-state index contributed by atoms with van der Waals surface area (Å²) >= 11 is 0. The van der Waals surface area contributed by atoms with E-state index in [4.69, 9.17) is 0 Å². The number of fused-ring (bicyclic) bond motifs is 2. The van der Waals surface area contributed by atoms with Gasteiger partial charge in [0.05, 0.1) is 6.33 Å². The number of ketones is 1. The maximum atomic E-state index is 14.1. The minimum atomic E-state index is -0.828. The average molecular weight is 441 g/mol. The van der Waals surface area contributed by atoms with Crippen LogP contribution in [0.5, 0.6) is 0 Å². The fourth-order valence-electron chi connectivity index (χ4n) is 4.50. The highest BCUT2D eigenvalue weighted by atomic mass is 16.2. The number of aryl methyl sites for hydroxylation is 2. The number of nitrogens with zero attached hydrogens (tertiary/aromatic N) is 4. The van der Waals surface area contributed by atoms with Crippen molar-refractivity contribution >= 4 is 27.9 Å². The quantitative estimate of drug-likeness (QED) is 0.424. The molecule has 0 aliphatic rings. The third-order valence-electron chi connectivity index (χ3n) is 6.26. The topological polar surface area (TPSA) is 94.7 Å². The minimum Gasteiger partial charge on any atom is -0.360 e. The Labute approximate surface area is 188 Å². The predicted octanol–water partition coefficient (Wildman–Crippen LogP) is 2.95. The van der Waals surface area contributed by atoms with Gasteiger partial charge in [-0.3, -0.25) is 18.7 Å². The summed E-state index contributed by atoms with van der Waals surface area (Å²) in [5, 5.41) is 0.838. The number of hydrogen-bond acceptors (Lipinski definition) is 4. The Balaban J connectivity index is 1.79. The highest BCUT2D eigenvalue weighted by Gasteiger charge is 2.29. The molecular weight excluding hydrogens is 418 g/mol. The number of benzene rings is 2. The first-order valence-corrected chi connectivity index (χ1v) is 10.7. The summed E-state index contributed by atoms with van der Waals surface area (Å²) in [5.41, 5.74) is 2.80. The monoisotopic (exact) mass is 441 g/mol. The smallest absolute Gasteiger partial charge is 0.332 e. The molecule has 3 heterocycles. The molecule has 166 valence electrons. The van der Waals surface area contributed by atoms with Crippen LogP contribution < -0.4 is 11.2 Å². The van der Waals surface area contributed by atoms with Crippen molar-refractivity contribution in [1.29, 1.82) is 0 Å². The van der Waals surface area contributed by atoms with Crippen LogP contribution in [0, 0.1) is 0 Å². The van der Waals surface area contributed by atoms with Gasteiger partial charge in [-0.2, -0.15) is 0 Å². The van der Waals surface area contributed by atoms with E-state index in [1.54, 1.807) is 17.8 Å². The molecule has 2 aromatic carbocycles. The van der Waals surface area contributed by atoms with Gasteiger partial charge in [0.15, 0.2) is 16.9 Å². The van der Waals surface area contributed by atoms with Crippen LogP contribution in [0.2, 0.25) is 0 Å². The van der Waals surface area contributed by atoms with Gasteiger partial charge in [0.1, 0.15) is 6.04 Å². The van der Waals surface area contributed by atoms with Gasteiger partial charge in [-0.05, 0) is 17.5 Å². The van der Waals surface area contributed by atoms with E-state index < -0.39 is 17.3 Å². The second-order valence-electron chi connectivity index (χ2n) is 8.10. The second kappa shape index (κ2) is 7.74. The second-order valence-corrected chi connectivity index (χ2v) is 8.10. The molecule has 33 heavy (non-hydrogen) atoms. The number of carbonyl (C=O) groups is 1. The standard InChI is InChI=1S/C25H23N5O3/c1-4-15-11-8-12-17-18(13-26-19(15)17)22(31)20(16-9-6-5-7-10-16)30-14-27-23-21(30)24(32)29(3)25(33)28(23)2/h5-14,20,26H,4H2,1-3H3/t20-/m0/s1. The maximum Gasteiger partial charge on any atom is 0.332 e. The Bertz CT molecular complexity index is 1640. The molecule has 8 nitrogen and oxygen atoms in total. The Morgan fingerprint density at radius 2 is 1.79 bits per heavy atom. The van der Waals surface area contributed by atoms with E-state index in [2.05, 4.69) is 16.9 Å². The predicted molar refractivity (Wildman–Crippen MR) is 127 cm³/mol. The first-order valence-electron chi connectivity index (χ1n) is 10.7. The lowest BCUT2D eigenvalue weighted by molar-refractivity contribution is 0.0949. The van der Waals surface area contributed by atoms with E-state index in [0.717, 1.165) is 33.0 Å². The SMILES string of the molecule is CCc1cccc2c(C(=O)[C@H](c3ccccc3)n3cnc4c3c(=O)n(C)c(=O)n4C)c[nH]c12. The van der Waals surface area contributed by atoms with Crippen LogP contribution in [0.4, 0.5) is 0 Å². The first kappa shape index (κ1) is 20.7. The molecule has 0 amide bonds. The van der Waals surface area contributed by atoms with Crippen molar-refractivity contribution < 1.29 is 4.79 Å². The Morgan fingerprint density at radius 1 is 1.03 bits per heavy atom. The number of rotatable bonds is 5. The lowest BCUT2D eigenvalue weighted by Gasteiger charge is -2.19. The lowest BCUT2D eigenvalue weighted by atomic mass is 9.96. The van der Waals surface area contributed by atoms with Crippen LogP contribution in [0.25, 0.3) is 22.1 Å². The first-order chi connectivity index (χ1) is 15.9. The number of hydrogen-bond donors (Lipinski definition) is 1. The molecule has 1 N–H and O–H groups in total. The number of aromatic amines is 1. The van der Waals surface area contributed by atoms with E-state index in [1.165, 1.54) is 17.9 Å². The number of para-hydroxylation sites is 1. The third kappa shape index (κ3) is 3.06. The van der Waals surface area contributed by atoms with Gasteiger partial charge in [0.25, 0.3) is 5.56 Å². The summed E-state index contributed by atoms with van der Waals surface area (Å²) in [5.74, 6) is -0.170. The molecule has 5 rings (SSSR count). The molecule has 0 bridgehead atoms. The van der Waals surface area contributed by atoms with E-state index in [1.807, 2.05) is 48.5 Å². The van der Waals surface area contributed by atoms with Crippen LogP contribution in [0.15, 0.2) is 70.6 Å². The molecule has 0 saturated heterocycles.